The minimum Gasteiger partial charge on any atom is -0.323 e. The maximum absolute atomic E-state index is 13.5. The van der Waals surface area contributed by atoms with E-state index in [0.29, 0.717) is 37.6 Å². The van der Waals surface area contributed by atoms with E-state index in [9.17, 15) is 14.4 Å². The van der Waals surface area contributed by atoms with Crippen molar-refractivity contribution in [1.29, 1.82) is 0 Å². The smallest absolute Gasteiger partial charge is 0.272 e. The minimum atomic E-state index is -0.626. The molecule has 0 spiro atoms. The minimum absolute atomic E-state index is 0.0259. The summed E-state index contributed by atoms with van der Waals surface area (Å²) in [6.07, 6.45) is 1.48. The first-order valence-corrected chi connectivity index (χ1v) is 16.5. The highest BCUT2D eigenvalue weighted by molar-refractivity contribution is 8.00. The number of carbonyl (C=O) groups excluding carboxylic acids is 3. The summed E-state index contributed by atoms with van der Waals surface area (Å²) in [5.41, 5.74) is 2.51. The van der Waals surface area contributed by atoms with Crippen molar-refractivity contribution in [3.8, 4) is 0 Å². The fourth-order valence-corrected chi connectivity index (χ4v) is 6.20. The van der Waals surface area contributed by atoms with Crippen molar-refractivity contribution in [2.45, 2.75) is 10.1 Å². The standard InChI is InChI=1S/C36H25Cl4N3O3S/c37-25-15-14-24(29(39)21-25)20-31(43-34(44)23-10-5-2-6-11-23)35(45)41-26-16-18-27(19-17-26)47-33(22-8-3-1-4-9-22)36(46)42-30-13-7-12-28(38)32(30)40/h1-21,33H,(H,41,45)(H,42,46)(H,43,44)/b31-20-. The zero-order valence-corrected chi connectivity index (χ0v) is 28.2. The normalized spacial score (nSPS) is 11.8. The Kier molecular flexibility index (Phi) is 11.6. The number of hydrogen-bond donors (Lipinski definition) is 3. The lowest BCUT2D eigenvalue weighted by Crippen LogP contribution is -2.30. The second-order valence-corrected chi connectivity index (χ2v) is 12.8. The molecule has 0 aromatic heterocycles. The Morgan fingerprint density at radius 2 is 1.36 bits per heavy atom. The van der Waals surface area contributed by atoms with Crippen molar-refractivity contribution in [2.75, 3.05) is 10.6 Å². The van der Waals surface area contributed by atoms with E-state index in [-0.39, 0.29) is 16.6 Å². The molecule has 5 aromatic rings. The molecule has 11 heteroatoms. The molecule has 5 aromatic carbocycles. The highest BCUT2D eigenvalue weighted by Gasteiger charge is 2.23. The molecule has 0 saturated heterocycles. The van der Waals surface area contributed by atoms with Gasteiger partial charge in [-0.25, -0.2) is 0 Å². The summed E-state index contributed by atoms with van der Waals surface area (Å²) in [6, 6.07) is 34.7. The van der Waals surface area contributed by atoms with E-state index in [1.165, 1.54) is 17.8 Å². The molecular formula is C36H25Cl4N3O3S. The van der Waals surface area contributed by atoms with Crippen LogP contribution in [0.1, 0.15) is 26.7 Å². The van der Waals surface area contributed by atoms with Gasteiger partial charge in [0.15, 0.2) is 0 Å². The Balaban J connectivity index is 1.35. The third kappa shape index (κ3) is 9.19. The van der Waals surface area contributed by atoms with Crippen LogP contribution in [0.15, 0.2) is 132 Å². The third-order valence-corrected chi connectivity index (χ3v) is 9.35. The van der Waals surface area contributed by atoms with Gasteiger partial charge in [0.25, 0.3) is 11.8 Å². The van der Waals surface area contributed by atoms with Gasteiger partial charge < -0.3 is 16.0 Å². The van der Waals surface area contributed by atoms with Gasteiger partial charge in [-0.2, -0.15) is 0 Å². The molecule has 236 valence electrons. The van der Waals surface area contributed by atoms with Gasteiger partial charge in [-0.1, -0.05) is 107 Å². The van der Waals surface area contributed by atoms with E-state index in [1.54, 1.807) is 91.0 Å². The molecule has 0 heterocycles. The number of amides is 3. The lowest BCUT2D eigenvalue weighted by Gasteiger charge is -2.18. The van der Waals surface area contributed by atoms with Gasteiger partial charge in [0.1, 0.15) is 10.9 Å². The van der Waals surface area contributed by atoms with Gasteiger partial charge in [-0.3, -0.25) is 14.4 Å². The van der Waals surface area contributed by atoms with E-state index in [4.69, 9.17) is 46.4 Å². The Morgan fingerprint density at radius 3 is 2.04 bits per heavy atom. The number of carbonyl (C=O) groups is 3. The zero-order valence-electron chi connectivity index (χ0n) is 24.3. The zero-order chi connectivity index (χ0) is 33.3. The summed E-state index contributed by atoms with van der Waals surface area (Å²) in [6.45, 7) is 0. The molecule has 0 radical (unpaired) electrons. The molecule has 0 aliphatic carbocycles. The summed E-state index contributed by atoms with van der Waals surface area (Å²) in [5, 5.41) is 9.11. The molecule has 47 heavy (non-hydrogen) atoms. The molecule has 1 unspecified atom stereocenters. The highest BCUT2D eigenvalue weighted by Crippen LogP contribution is 2.38. The fraction of sp³-hybridized carbons (Fsp3) is 0.0278. The average Bonchev–Trinajstić information content (AvgIpc) is 3.08. The van der Waals surface area contributed by atoms with Crippen LogP contribution in [-0.4, -0.2) is 17.7 Å². The highest BCUT2D eigenvalue weighted by atomic mass is 35.5. The lowest BCUT2D eigenvalue weighted by molar-refractivity contribution is -0.116. The van der Waals surface area contributed by atoms with Crippen molar-refractivity contribution in [3.05, 3.63) is 164 Å². The largest absolute Gasteiger partial charge is 0.323 e. The lowest BCUT2D eigenvalue weighted by atomic mass is 10.1. The first-order valence-electron chi connectivity index (χ1n) is 14.1. The molecule has 3 N–H and O–H groups in total. The average molecular weight is 721 g/mol. The van der Waals surface area contributed by atoms with Crippen LogP contribution in [0.25, 0.3) is 6.08 Å². The Bertz CT molecular complexity index is 1940. The summed E-state index contributed by atoms with van der Waals surface area (Å²) in [5.74, 6) is -1.32. The first kappa shape index (κ1) is 34.1. The van der Waals surface area contributed by atoms with Gasteiger partial charge in [0.2, 0.25) is 5.91 Å². The van der Waals surface area contributed by atoms with E-state index in [1.807, 2.05) is 30.3 Å². The molecule has 0 fully saturated rings. The molecule has 5 rings (SSSR count). The fourth-order valence-electron chi connectivity index (χ4n) is 4.37. The predicted molar refractivity (Wildman–Crippen MR) is 194 cm³/mol. The van der Waals surface area contributed by atoms with Crippen molar-refractivity contribution >= 4 is 93.3 Å². The van der Waals surface area contributed by atoms with E-state index >= 15 is 0 Å². The first-order chi connectivity index (χ1) is 22.7. The van der Waals surface area contributed by atoms with Crippen LogP contribution < -0.4 is 16.0 Å². The summed E-state index contributed by atoms with van der Waals surface area (Å²) in [4.78, 5) is 40.7. The Hall–Kier alpha value is -4.24. The monoisotopic (exact) mass is 719 g/mol. The van der Waals surface area contributed by atoms with Crippen LogP contribution in [0.5, 0.6) is 0 Å². The van der Waals surface area contributed by atoms with Gasteiger partial charge in [-0.15, -0.1) is 11.8 Å². The number of anilines is 2. The number of nitrogens with one attached hydrogen (secondary N) is 3. The number of hydrogen-bond acceptors (Lipinski definition) is 4. The van der Waals surface area contributed by atoms with Crippen molar-refractivity contribution < 1.29 is 14.4 Å². The topological polar surface area (TPSA) is 87.3 Å². The Labute approximate surface area is 296 Å². The van der Waals surface area contributed by atoms with E-state index < -0.39 is 17.1 Å². The van der Waals surface area contributed by atoms with Crippen molar-refractivity contribution in [2.24, 2.45) is 0 Å². The molecule has 0 aliphatic heterocycles. The maximum atomic E-state index is 13.5. The molecule has 6 nitrogen and oxygen atoms in total. The van der Waals surface area contributed by atoms with Crippen molar-refractivity contribution in [1.82, 2.24) is 5.32 Å². The van der Waals surface area contributed by atoms with Gasteiger partial charge >= 0.3 is 0 Å². The number of benzene rings is 5. The van der Waals surface area contributed by atoms with Crippen molar-refractivity contribution in [3.63, 3.8) is 0 Å². The number of rotatable bonds is 10. The van der Waals surface area contributed by atoms with Gasteiger partial charge in [-0.05, 0) is 77.9 Å². The van der Waals surface area contributed by atoms with Gasteiger partial charge in [0, 0.05) is 26.2 Å². The molecule has 0 bridgehead atoms. The SMILES string of the molecule is O=C(Nc1ccc(SC(C(=O)Nc2cccc(Cl)c2Cl)c2ccccc2)cc1)/C(=C/c1ccc(Cl)cc1Cl)NC(=O)c1ccccc1. The summed E-state index contributed by atoms with van der Waals surface area (Å²) >= 11 is 26.2. The summed E-state index contributed by atoms with van der Waals surface area (Å²) in [7, 11) is 0. The predicted octanol–water partition coefficient (Wildman–Crippen LogP) is 10.2. The maximum Gasteiger partial charge on any atom is 0.272 e. The number of halogens is 4. The van der Waals surface area contributed by atoms with Crippen LogP contribution in [0, 0.1) is 0 Å². The number of thioether (sulfide) groups is 1. The molecule has 0 saturated carbocycles. The third-order valence-electron chi connectivity index (χ3n) is 6.71. The quantitative estimate of drug-likeness (QED) is 0.0990. The van der Waals surface area contributed by atoms with Crippen LogP contribution >= 0.6 is 58.2 Å². The van der Waals surface area contributed by atoms with E-state index in [2.05, 4.69) is 16.0 Å². The van der Waals surface area contributed by atoms with Gasteiger partial charge in [0.05, 0.1) is 15.7 Å². The second-order valence-electron chi connectivity index (χ2n) is 10.0. The summed E-state index contributed by atoms with van der Waals surface area (Å²) < 4.78 is 0. The van der Waals surface area contributed by atoms with Crippen LogP contribution in [0.4, 0.5) is 11.4 Å². The Morgan fingerprint density at radius 1 is 0.681 bits per heavy atom. The molecule has 1 atom stereocenters. The van der Waals surface area contributed by atoms with Crippen LogP contribution in [0.3, 0.4) is 0 Å². The van der Waals surface area contributed by atoms with Crippen LogP contribution in [-0.2, 0) is 9.59 Å². The van der Waals surface area contributed by atoms with Crippen LogP contribution in [0.2, 0.25) is 20.1 Å². The molecule has 0 aliphatic rings. The molecular weight excluding hydrogens is 696 g/mol. The van der Waals surface area contributed by atoms with E-state index in [0.717, 1.165) is 10.5 Å². The second kappa shape index (κ2) is 16.0. The molecule has 3 amide bonds.